The molecule has 1 N–H and O–H groups in total. The van der Waals surface area contributed by atoms with Crippen LogP contribution in [0.5, 0.6) is 0 Å². The second kappa shape index (κ2) is 6.52. The highest BCUT2D eigenvalue weighted by atomic mass is 32.1. The number of aryl methyl sites for hydroxylation is 1. The molecule has 0 fully saturated rings. The van der Waals surface area contributed by atoms with Crippen molar-refractivity contribution in [3.05, 3.63) is 52.5 Å². The van der Waals surface area contributed by atoms with Crippen molar-refractivity contribution in [3.8, 4) is 0 Å². The lowest BCUT2D eigenvalue weighted by Crippen LogP contribution is -2.16. The fraction of sp³-hybridized carbons (Fsp3) is 0.357. The molecule has 17 heavy (non-hydrogen) atoms. The highest BCUT2D eigenvalue weighted by Gasteiger charge is 2.08. The first-order valence-corrected chi connectivity index (χ1v) is 6.88. The maximum atomic E-state index is 4.31. The summed E-state index contributed by atoms with van der Waals surface area (Å²) < 4.78 is 0. The van der Waals surface area contributed by atoms with Crippen LogP contribution >= 0.6 is 11.3 Å². The van der Waals surface area contributed by atoms with Crippen LogP contribution in [0.2, 0.25) is 0 Å². The summed E-state index contributed by atoms with van der Waals surface area (Å²) in [4.78, 5) is 4.31. The van der Waals surface area contributed by atoms with Crippen LogP contribution in [0, 0.1) is 0 Å². The van der Waals surface area contributed by atoms with Crippen LogP contribution in [0.15, 0.2) is 41.9 Å². The lowest BCUT2D eigenvalue weighted by Gasteiger charge is -2.16. The Balaban J connectivity index is 1.84. The van der Waals surface area contributed by atoms with Gasteiger partial charge in [-0.2, -0.15) is 0 Å². The smallest absolute Gasteiger partial charge is 0.0924 e. The molecule has 0 radical (unpaired) electrons. The van der Waals surface area contributed by atoms with E-state index in [1.165, 1.54) is 17.0 Å². The van der Waals surface area contributed by atoms with Crippen molar-refractivity contribution in [2.45, 2.75) is 25.3 Å². The van der Waals surface area contributed by atoms with Crippen LogP contribution in [0.25, 0.3) is 0 Å². The lowest BCUT2D eigenvalue weighted by atomic mass is 10.0. The SMILES string of the molecule is CNC(CCCc1nccs1)c1ccccc1. The molecule has 1 heterocycles. The van der Waals surface area contributed by atoms with Crippen molar-refractivity contribution in [1.29, 1.82) is 0 Å². The van der Waals surface area contributed by atoms with Crippen LogP contribution < -0.4 is 5.32 Å². The zero-order chi connectivity index (χ0) is 11.9. The number of rotatable bonds is 6. The van der Waals surface area contributed by atoms with E-state index in [4.69, 9.17) is 0 Å². The molecule has 0 aliphatic carbocycles. The Morgan fingerprint density at radius 1 is 1.29 bits per heavy atom. The second-order valence-electron chi connectivity index (χ2n) is 4.07. The average molecular weight is 246 g/mol. The maximum absolute atomic E-state index is 4.31. The first-order chi connectivity index (χ1) is 8.40. The predicted molar refractivity (Wildman–Crippen MR) is 73.3 cm³/mol. The zero-order valence-corrected chi connectivity index (χ0v) is 10.9. The molecule has 0 aliphatic heterocycles. The van der Waals surface area contributed by atoms with Gasteiger partial charge < -0.3 is 5.32 Å². The minimum atomic E-state index is 0.455. The number of benzene rings is 1. The molecular weight excluding hydrogens is 228 g/mol. The predicted octanol–water partition coefficient (Wildman–Crippen LogP) is 3.43. The third kappa shape index (κ3) is 3.65. The summed E-state index contributed by atoms with van der Waals surface area (Å²) in [6, 6.07) is 11.1. The third-order valence-electron chi connectivity index (χ3n) is 2.92. The lowest BCUT2D eigenvalue weighted by molar-refractivity contribution is 0.527. The van der Waals surface area contributed by atoms with Crippen LogP contribution in [0.1, 0.15) is 29.5 Å². The normalized spacial score (nSPS) is 12.5. The minimum Gasteiger partial charge on any atom is -0.313 e. The summed E-state index contributed by atoms with van der Waals surface area (Å²) >= 11 is 1.75. The highest BCUT2D eigenvalue weighted by Crippen LogP contribution is 2.19. The molecule has 1 atom stereocenters. The molecular formula is C14H18N2S. The van der Waals surface area contributed by atoms with E-state index < -0.39 is 0 Å². The van der Waals surface area contributed by atoms with Crippen LogP contribution in [-0.2, 0) is 6.42 Å². The number of aromatic nitrogens is 1. The molecule has 0 saturated heterocycles. The van der Waals surface area contributed by atoms with Crippen molar-refractivity contribution in [2.24, 2.45) is 0 Å². The fourth-order valence-electron chi connectivity index (χ4n) is 2.00. The number of nitrogens with zero attached hydrogens (tertiary/aromatic N) is 1. The summed E-state index contributed by atoms with van der Waals surface area (Å²) in [7, 11) is 2.03. The topological polar surface area (TPSA) is 24.9 Å². The Kier molecular flexibility index (Phi) is 4.71. The van der Waals surface area contributed by atoms with Gasteiger partial charge >= 0.3 is 0 Å². The Morgan fingerprint density at radius 3 is 2.76 bits per heavy atom. The van der Waals surface area contributed by atoms with E-state index in [-0.39, 0.29) is 0 Å². The summed E-state index contributed by atoms with van der Waals surface area (Å²) in [5.41, 5.74) is 1.37. The van der Waals surface area contributed by atoms with Gasteiger partial charge in [-0.25, -0.2) is 4.98 Å². The van der Waals surface area contributed by atoms with Gasteiger partial charge in [-0.15, -0.1) is 11.3 Å². The van der Waals surface area contributed by atoms with Gasteiger partial charge in [0.05, 0.1) is 5.01 Å². The van der Waals surface area contributed by atoms with Crippen molar-refractivity contribution in [3.63, 3.8) is 0 Å². The Morgan fingerprint density at radius 2 is 2.12 bits per heavy atom. The van der Waals surface area contributed by atoms with Gasteiger partial charge in [-0.05, 0) is 31.9 Å². The standard InChI is InChI=1S/C14H18N2S/c1-15-13(12-6-3-2-4-7-12)8-5-9-14-16-10-11-17-14/h2-4,6-7,10-11,13,15H,5,8-9H2,1H3. The fourth-order valence-corrected chi connectivity index (χ4v) is 2.66. The summed E-state index contributed by atoms with van der Waals surface area (Å²) in [5.74, 6) is 0. The van der Waals surface area contributed by atoms with E-state index >= 15 is 0 Å². The van der Waals surface area contributed by atoms with Gasteiger partial charge in [-0.3, -0.25) is 0 Å². The number of hydrogen-bond acceptors (Lipinski definition) is 3. The molecule has 0 bridgehead atoms. The summed E-state index contributed by atoms with van der Waals surface area (Å²) in [5, 5.41) is 6.67. The Hall–Kier alpha value is -1.19. The van der Waals surface area contributed by atoms with Crippen LogP contribution in [-0.4, -0.2) is 12.0 Å². The minimum absolute atomic E-state index is 0.455. The molecule has 1 aromatic carbocycles. The average Bonchev–Trinajstić information content (AvgIpc) is 2.89. The van der Waals surface area contributed by atoms with E-state index in [9.17, 15) is 0 Å². The van der Waals surface area contributed by atoms with E-state index in [0.29, 0.717) is 6.04 Å². The van der Waals surface area contributed by atoms with E-state index in [0.717, 1.165) is 12.8 Å². The van der Waals surface area contributed by atoms with Crippen molar-refractivity contribution < 1.29 is 0 Å². The first-order valence-electron chi connectivity index (χ1n) is 6.00. The molecule has 0 aliphatic rings. The molecule has 2 rings (SSSR count). The zero-order valence-electron chi connectivity index (χ0n) is 10.1. The molecule has 2 aromatic rings. The van der Waals surface area contributed by atoms with Gasteiger partial charge in [0.25, 0.3) is 0 Å². The third-order valence-corrected chi connectivity index (χ3v) is 3.76. The Bertz CT molecular complexity index is 411. The Labute approximate surface area is 107 Å². The van der Waals surface area contributed by atoms with Crippen molar-refractivity contribution >= 4 is 11.3 Å². The molecule has 0 amide bonds. The van der Waals surface area contributed by atoms with Gasteiger partial charge in [-0.1, -0.05) is 30.3 Å². The molecule has 1 aromatic heterocycles. The molecule has 0 saturated carbocycles. The molecule has 3 heteroatoms. The molecule has 2 nitrogen and oxygen atoms in total. The maximum Gasteiger partial charge on any atom is 0.0924 e. The first kappa shape index (κ1) is 12.3. The number of hydrogen-bond donors (Lipinski definition) is 1. The summed E-state index contributed by atoms with van der Waals surface area (Å²) in [6.45, 7) is 0. The van der Waals surface area contributed by atoms with E-state index in [1.807, 2.05) is 18.6 Å². The monoisotopic (exact) mass is 246 g/mol. The second-order valence-corrected chi connectivity index (χ2v) is 5.05. The largest absolute Gasteiger partial charge is 0.313 e. The van der Waals surface area contributed by atoms with E-state index in [1.54, 1.807) is 11.3 Å². The van der Waals surface area contributed by atoms with Crippen LogP contribution in [0.3, 0.4) is 0 Å². The van der Waals surface area contributed by atoms with Crippen molar-refractivity contribution in [1.82, 2.24) is 10.3 Å². The molecule has 90 valence electrons. The molecule has 1 unspecified atom stereocenters. The van der Waals surface area contributed by atoms with Gasteiger partial charge in [0.1, 0.15) is 0 Å². The quantitative estimate of drug-likeness (QED) is 0.844. The highest BCUT2D eigenvalue weighted by molar-refractivity contribution is 7.09. The van der Waals surface area contributed by atoms with Gasteiger partial charge in [0, 0.05) is 17.6 Å². The molecule has 0 spiro atoms. The summed E-state index contributed by atoms with van der Waals surface area (Å²) in [6.07, 6.45) is 5.30. The van der Waals surface area contributed by atoms with Crippen LogP contribution in [0.4, 0.5) is 0 Å². The number of nitrogens with one attached hydrogen (secondary N) is 1. The number of thiazole rings is 1. The van der Waals surface area contributed by atoms with E-state index in [2.05, 4.69) is 40.6 Å². The van der Waals surface area contributed by atoms with Gasteiger partial charge in [0.2, 0.25) is 0 Å². The van der Waals surface area contributed by atoms with Gasteiger partial charge in [0.15, 0.2) is 0 Å². The van der Waals surface area contributed by atoms with Crippen molar-refractivity contribution in [2.75, 3.05) is 7.05 Å².